The van der Waals surface area contributed by atoms with Crippen LogP contribution in [0.15, 0.2) is 10.3 Å². The highest BCUT2D eigenvalue weighted by Gasteiger charge is 2.33. The monoisotopic (exact) mass is 277 g/mol. The minimum Gasteiger partial charge on any atom is -0.480 e. The van der Waals surface area contributed by atoms with Crippen LogP contribution >= 0.6 is 11.3 Å². The average Bonchev–Trinajstić information content (AvgIpc) is 2.45. The average molecular weight is 277 g/mol. The van der Waals surface area contributed by atoms with Crippen LogP contribution in [-0.2, 0) is 14.8 Å². The van der Waals surface area contributed by atoms with Crippen LogP contribution in [0.1, 0.15) is 24.3 Å². The van der Waals surface area contributed by atoms with E-state index in [-0.39, 0.29) is 4.21 Å². The van der Waals surface area contributed by atoms with Crippen LogP contribution in [0.5, 0.6) is 0 Å². The van der Waals surface area contributed by atoms with Crippen molar-refractivity contribution in [3.8, 4) is 0 Å². The summed E-state index contributed by atoms with van der Waals surface area (Å²) < 4.78 is 26.2. The van der Waals surface area contributed by atoms with Crippen molar-refractivity contribution in [1.82, 2.24) is 4.72 Å². The van der Waals surface area contributed by atoms with Crippen molar-refractivity contribution in [1.29, 1.82) is 0 Å². The molecule has 1 aromatic heterocycles. The second kappa shape index (κ2) is 4.40. The SMILES string of the molecule is Cc1cc(S(=O)(=O)NC(C)(C)C(=O)O)sc1C. The molecule has 2 N–H and O–H groups in total. The molecule has 96 valence electrons. The van der Waals surface area contributed by atoms with Crippen LogP contribution < -0.4 is 4.72 Å². The number of aryl methyl sites for hydroxylation is 2. The first-order valence-corrected chi connectivity index (χ1v) is 7.20. The van der Waals surface area contributed by atoms with Gasteiger partial charge in [0.1, 0.15) is 9.75 Å². The lowest BCUT2D eigenvalue weighted by Crippen LogP contribution is -2.49. The van der Waals surface area contributed by atoms with Crippen LogP contribution in [0, 0.1) is 13.8 Å². The molecule has 0 fully saturated rings. The summed E-state index contributed by atoms with van der Waals surface area (Å²) in [5, 5.41) is 8.89. The van der Waals surface area contributed by atoms with Crippen molar-refractivity contribution in [3.63, 3.8) is 0 Å². The van der Waals surface area contributed by atoms with Gasteiger partial charge in [0.2, 0.25) is 0 Å². The summed E-state index contributed by atoms with van der Waals surface area (Å²) in [6, 6.07) is 1.54. The van der Waals surface area contributed by atoms with Crippen LogP contribution in [0.4, 0.5) is 0 Å². The van der Waals surface area contributed by atoms with Crippen molar-refractivity contribution in [3.05, 3.63) is 16.5 Å². The molecule has 5 nitrogen and oxygen atoms in total. The van der Waals surface area contributed by atoms with Gasteiger partial charge < -0.3 is 5.11 Å². The fourth-order valence-electron chi connectivity index (χ4n) is 1.10. The van der Waals surface area contributed by atoms with Crippen molar-refractivity contribution in [2.24, 2.45) is 0 Å². The molecular formula is C10H15NO4S2. The Bertz CT molecular complexity index is 523. The van der Waals surface area contributed by atoms with Gasteiger partial charge in [-0.25, -0.2) is 8.42 Å². The van der Waals surface area contributed by atoms with Gasteiger partial charge in [-0.15, -0.1) is 11.3 Å². The molecule has 0 radical (unpaired) electrons. The van der Waals surface area contributed by atoms with Gasteiger partial charge in [0, 0.05) is 4.88 Å². The third kappa shape index (κ3) is 3.05. The Labute approximate surface area is 105 Å². The lowest BCUT2D eigenvalue weighted by molar-refractivity contribution is -0.142. The molecule has 0 saturated carbocycles. The van der Waals surface area contributed by atoms with Gasteiger partial charge in [-0.1, -0.05) is 0 Å². The van der Waals surface area contributed by atoms with Crippen LogP contribution in [0.2, 0.25) is 0 Å². The van der Waals surface area contributed by atoms with Gasteiger partial charge >= 0.3 is 5.97 Å². The van der Waals surface area contributed by atoms with E-state index in [1.165, 1.54) is 13.8 Å². The summed E-state index contributed by atoms with van der Waals surface area (Å²) in [5.41, 5.74) is -0.645. The molecule has 0 atom stereocenters. The molecule has 1 heterocycles. The molecule has 0 aliphatic heterocycles. The summed E-state index contributed by atoms with van der Waals surface area (Å²) in [6.07, 6.45) is 0. The Balaban J connectivity index is 3.09. The van der Waals surface area contributed by atoms with Gasteiger partial charge in [-0.05, 0) is 39.3 Å². The third-order valence-electron chi connectivity index (χ3n) is 2.33. The third-order valence-corrected chi connectivity index (χ3v) is 5.61. The lowest BCUT2D eigenvalue weighted by atomic mass is 10.1. The Kier molecular flexibility index (Phi) is 3.66. The maximum atomic E-state index is 12.0. The normalized spacial score (nSPS) is 12.7. The van der Waals surface area contributed by atoms with Crippen molar-refractivity contribution in [2.45, 2.75) is 37.4 Å². The quantitative estimate of drug-likeness (QED) is 0.873. The first-order valence-electron chi connectivity index (χ1n) is 4.90. The zero-order valence-corrected chi connectivity index (χ0v) is 11.7. The highest BCUT2D eigenvalue weighted by atomic mass is 32.2. The molecular weight excluding hydrogens is 262 g/mol. The second-order valence-corrected chi connectivity index (χ2v) is 7.51. The fourth-order valence-corrected chi connectivity index (χ4v) is 3.99. The van der Waals surface area contributed by atoms with Crippen LogP contribution in [0.25, 0.3) is 0 Å². The zero-order valence-electron chi connectivity index (χ0n) is 10.1. The van der Waals surface area contributed by atoms with E-state index < -0.39 is 21.5 Å². The molecule has 0 aliphatic rings. The Hall–Kier alpha value is -0.920. The van der Waals surface area contributed by atoms with E-state index in [0.717, 1.165) is 21.8 Å². The number of aliphatic carboxylic acids is 1. The van der Waals surface area contributed by atoms with Crippen molar-refractivity contribution >= 4 is 27.3 Å². The van der Waals surface area contributed by atoms with Gasteiger partial charge in [-0.2, -0.15) is 4.72 Å². The number of hydrogen-bond acceptors (Lipinski definition) is 4. The molecule has 0 saturated heterocycles. The molecule has 0 aliphatic carbocycles. The van der Waals surface area contributed by atoms with Crippen molar-refractivity contribution < 1.29 is 18.3 Å². The molecule has 0 spiro atoms. The largest absolute Gasteiger partial charge is 0.480 e. The van der Waals surface area contributed by atoms with Crippen molar-refractivity contribution in [2.75, 3.05) is 0 Å². The number of nitrogens with one attached hydrogen (secondary N) is 1. The number of thiophene rings is 1. The topological polar surface area (TPSA) is 83.5 Å². The number of carbonyl (C=O) groups is 1. The molecule has 0 bridgehead atoms. The number of sulfonamides is 1. The van der Waals surface area contributed by atoms with Crippen LogP contribution in [-0.4, -0.2) is 25.0 Å². The molecule has 1 aromatic rings. The summed E-state index contributed by atoms with van der Waals surface area (Å²) >= 11 is 1.13. The van der Waals surface area contributed by atoms with E-state index >= 15 is 0 Å². The smallest absolute Gasteiger partial charge is 0.324 e. The highest BCUT2D eigenvalue weighted by Crippen LogP contribution is 2.25. The van der Waals surface area contributed by atoms with E-state index in [1.54, 1.807) is 6.07 Å². The Morgan fingerprint density at radius 3 is 2.29 bits per heavy atom. The second-order valence-electron chi connectivity index (χ2n) is 4.34. The summed E-state index contributed by atoms with van der Waals surface area (Å²) in [4.78, 5) is 11.8. The van der Waals surface area contributed by atoms with E-state index in [9.17, 15) is 13.2 Å². The molecule has 7 heteroatoms. The molecule has 1 rings (SSSR count). The fraction of sp³-hybridized carbons (Fsp3) is 0.500. The minimum absolute atomic E-state index is 0.141. The first kappa shape index (κ1) is 14.1. The predicted molar refractivity (Wildman–Crippen MR) is 65.8 cm³/mol. The summed E-state index contributed by atoms with van der Waals surface area (Å²) in [6.45, 7) is 6.24. The maximum absolute atomic E-state index is 12.0. The molecule has 17 heavy (non-hydrogen) atoms. The number of carboxylic acids is 1. The minimum atomic E-state index is -3.78. The standard InChI is InChI=1S/C10H15NO4S2/c1-6-5-8(16-7(6)2)17(14,15)11-10(3,4)9(12)13/h5,11H,1-4H3,(H,12,13). The molecule has 0 amide bonds. The highest BCUT2D eigenvalue weighted by molar-refractivity contribution is 7.91. The van der Waals surface area contributed by atoms with Gasteiger partial charge in [0.25, 0.3) is 10.0 Å². The Morgan fingerprint density at radius 2 is 1.94 bits per heavy atom. The predicted octanol–water partition coefficient (Wildman–Crippen LogP) is 1.51. The zero-order chi connectivity index (χ0) is 13.4. The number of rotatable bonds is 4. The number of hydrogen-bond donors (Lipinski definition) is 2. The summed E-state index contributed by atoms with van der Waals surface area (Å²) in [7, 11) is -3.78. The van der Waals surface area contributed by atoms with E-state index in [0.29, 0.717) is 0 Å². The Morgan fingerprint density at radius 1 is 1.41 bits per heavy atom. The maximum Gasteiger partial charge on any atom is 0.324 e. The van der Waals surface area contributed by atoms with E-state index in [2.05, 4.69) is 4.72 Å². The lowest BCUT2D eigenvalue weighted by Gasteiger charge is -2.20. The van der Waals surface area contributed by atoms with Gasteiger partial charge in [0.05, 0.1) is 0 Å². The number of carboxylic acid groups (broad SMARTS) is 1. The first-order chi connectivity index (χ1) is 7.56. The van der Waals surface area contributed by atoms with Gasteiger partial charge in [-0.3, -0.25) is 4.79 Å². The summed E-state index contributed by atoms with van der Waals surface area (Å²) in [5.74, 6) is -1.22. The van der Waals surface area contributed by atoms with Crippen LogP contribution in [0.3, 0.4) is 0 Å². The van der Waals surface area contributed by atoms with Gasteiger partial charge in [0.15, 0.2) is 0 Å². The molecule has 0 unspecified atom stereocenters. The van der Waals surface area contributed by atoms with E-state index in [4.69, 9.17) is 5.11 Å². The van der Waals surface area contributed by atoms with E-state index in [1.807, 2.05) is 13.8 Å². The molecule has 0 aromatic carbocycles.